The van der Waals surface area contributed by atoms with Crippen LogP contribution in [0.2, 0.25) is 0 Å². The number of carbonyl (C=O) groups is 1. The fourth-order valence-electron chi connectivity index (χ4n) is 2.61. The lowest BCUT2D eigenvalue weighted by atomic mass is 10.1. The monoisotopic (exact) mass is 377 g/mol. The van der Waals surface area contributed by atoms with E-state index in [0.717, 1.165) is 21.4 Å². The van der Waals surface area contributed by atoms with Crippen molar-refractivity contribution in [2.75, 3.05) is 11.9 Å². The topological polar surface area (TPSA) is 58.6 Å². The van der Waals surface area contributed by atoms with Crippen molar-refractivity contribution in [1.82, 2.24) is 0 Å². The maximum atomic E-state index is 11.6. The second kappa shape index (κ2) is 8.52. The highest BCUT2D eigenvalue weighted by Gasteiger charge is 2.14. The van der Waals surface area contributed by atoms with Crippen LogP contribution in [-0.2, 0) is 4.79 Å². The van der Waals surface area contributed by atoms with Gasteiger partial charge in [-0.1, -0.05) is 41.9 Å². The van der Waals surface area contributed by atoms with Crippen LogP contribution in [0.15, 0.2) is 64.4 Å². The minimum atomic E-state index is -0.228. The maximum Gasteiger partial charge on any atom is 0.221 e. The van der Waals surface area contributed by atoms with Crippen LogP contribution in [0, 0.1) is 11.8 Å². The second-order valence-electron chi connectivity index (χ2n) is 5.79. The van der Waals surface area contributed by atoms with E-state index in [9.17, 15) is 9.90 Å². The molecule has 2 N–H and O–H groups in total. The summed E-state index contributed by atoms with van der Waals surface area (Å²) >= 11 is 1.42. The number of hydrogen-bond acceptors (Lipinski definition) is 4. The Morgan fingerprint density at radius 1 is 1.19 bits per heavy atom. The number of nitrogens with one attached hydrogen (secondary N) is 1. The van der Waals surface area contributed by atoms with Gasteiger partial charge in [-0.3, -0.25) is 4.79 Å². The molecule has 0 radical (unpaired) electrons. The normalized spacial score (nSPS) is 10.1. The van der Waals surface area contributed by atoms with E-state index in [0.29, 0.717) is 17.2 Å². The predicted octanol–water partition coefficient (Wildman–Crippen LogP) is 5.06. The molecule has 3 aromatic rings. The lowest BCUT2D eigenvalue weighted by Crippen LogP contribution is -2.06. The average Bonchev–Trinajstić information content (AvgIpc) is 2.66. The van der Waals surface area contributed by atoms with Gasteiger partial charge in [0.15, 0.2) is 5.75 Å². The zero-order valence-electron chi connectivity index (χ0n) is 15.1. The molecule has 0 spiro atoms. The number of ether oxygens (including phenoxy) is 1. The van der Waals surface area contributed by atoms with E-state index in [-0.39, 0.29) is 11.7 Å². The van der Waals surface area contributed by atoms with Crippen molar-refractivity contribution < 1.29 is 14.6 Å². The van der Waals surface area contributed by atoms with Crippen LogP contribution in [0.4, 0.5) is 5.69 Å². The highest BCUT2D eigenvalue weighted by molar-refractivity contribution is 7.99. The van der Waals surface area contributed by atoms with Gasteiger partial charge in [0, 0.05) is 17.2 Å². The molecule has 0 aromatic heterocycles. The SMILES string of the molecule is CC#CCOc1ccc(Sc2cc3ccccc3c(NC(C)=O)c2O)cc1. The van der Waals surface area contributed by atoms with Crippen molar-refractivity contribution in [3.8, 4) is 23.3 Å². The molecule has 1 amide bonds. The number of amides is 1. The summed E-state index contributed by atoms with van der Waals surface area (Å²) in [6, 6.07) is 17.1. The smallest absolute Gasteiger partial charge is 0.221 e. The summed E-state index contributed by atoms with van der Waals surface area (Å²) in [7, 11) is 0. The first-order valence-electron chi connectivity index (χ1n) is 8.41. The molecule has 0 aliphatic carbocycles. The van der Waals surface area contributed by atoms with Gasteiger partial charge < -0.3 is 15.2 Å². The van der Waals surface area contributed by atoms with E-state index in [2.05, 4.69) is 17.2 Å². The number of phenolic OH excluding ortho intramolecular Hbond substituents is 1. The summed E-state index contributed by atoms with van der Waals surface area (Å²) in [5.74, 6) is 6.21. The summed E-state index contributed by atoms with van der Waals surface area (Å²) in [5, 5.41) is 15.2. The van der Waals surface area contributed by atoms with Gasteiger partial charge in [-0.15, -0.1) is 5.92 Å². The number of hydrogen-bond donors (Lipinski definition) is 2. The first kappa shape index (κ1) is 18.7. The van der Waals surface area contributed by atoms with Crippen LogP contribution in [0.3, 0.4) is 0 Å². The summed E-state index contributed by atoms with van der Waals surface area (Å²) in [5.41, 5.74) is 0.432. The Labute approximate surface area is 162 Å². The quantitative estimate of drug-likeness (QED) is 0.482. The van der Waals surface area contributed by atoms with Crippen LogP contribution >= 0.6 is 11.8 Å². The molecular weight excluding hydrogens is 358 g/mol. The number of benzene rings is 3. The van der Waals surface area contributed by atoms with Crippen molar-refractivity contribution in [2.45, 2.75) is 23.6 Å². The van der Waals surface area contributed by atoms with E-state index in [1.54, 1.807) is 6.92 Å². The van der Waals surface area contributed by atoms with E-state index in [1.807, 2.05) is 54.6 Å². The van der Waals surface area contributed by atoms with Gasteiger partial charge in [0.2, 0.25) is 5.91 Å². The Morgan fingerprint density at radius 3 is 2.63 bits per heavy atom. The summed E-state index contributed by atoms with van der Waals surface area (Å²) in [4.78, 5) is 13.2. The molecule has 3 rings (SSSR count). The Morgan fingerprint density at radius 2 is 1.93 bits per heavy atom. The second-order valence-corrected chi connectivity index (χ2v) is 6.90. The molecule has 136 valence electrons. The van der Waals surface area contributed by atoms with Crippen LogP contribution < -0.4 is 10.1 Å². The van der Waals surface area contributed by atoms with Crippen LogP contribution in [0.5, 0.6) is 11.5 Å². The molecular formula is C22H19NO3S. The fraction of sp³-hybridized carbons (Fsp3) is 0.136. The molecule has 4 nitrogen and oxygen atoms in total. The van der Waals surface area contributed by atoms with Crippen molar-refractivity contribution in [1.29, 1.82) is 0 Å². The van der Waals surface area contributed by atoms with E-state index in [1.165, 1.54) is 18.7 Å². The number of phenols is 1. The standard InChI is InChI=1S/C22H19NO3S/c1-3-4-13-26-17-9-11-18(12-10-17)27-20-14-16-7-5-6-8-19(16)21(22(20)25)23-15(2)24/h5-12,14,25H,13H2,1-2H3,(H,23,24). The van der Waals surface area contributed by atoms with Gasteiger partial charge in [-0.05, 0) is 42.6 Å². The zero-order chi connectivity index (χ0) is 19.2. The molecule has 0 unspecified atom stereocenters. The molecule has 0 saturated carbocycles. The maximum absolute atomic E-state index is 11.6. The highest BCUT2D eigenvalue weighted by atomic mass is 32.2. The zero-order valence-corrected chi connectivity index (χ0v) is 15.9. The van der Waals surface area contributed by atoms with Gasteiger partial charge in [-0.2, -0.15) is 0 Å². The third-order valence-electron chi connectivity index (χ3n) is 3.83. The number of fused-ring (bicyclic) bond motifs is 1. The third kappa shape index (κ3) is 4.55. The molecule has 0 atom stereocenters. The Balaban J connectivity index is 1.91. The fourth-order valence-corrected chi connectivity index (χ4v) is 3.52. The molecule has 0 aliphatic heterocycles. The summed E-state index contributed by atoms with van der Waals surface area (Å²) < 4.78 is 5.52. The summed E-state index contributed by atoms with van der Waals surface area (Å²) in [6.45, 7) is 3.55. The first-order chi connectivity index (χ1) is 13.1. The molecule has 0 fully saturated rings. The Bertz CT molecular complexity index is 1030. The van der Waals surface area contributed by atoms with Crippen molar-refractivity contribution >= 4 is 34.1 Å². The van der Waals surface area contributed by atoms with E-state index < -0.39 is 0 Å². The van der Waals surface area contributed by atoms with Crippen molar-refractivity contribution in [3.05, 3.63) is 54.6 Å². The van der Waals surface area contributed by atoms with Gasteiger partial charge >= 0.3 is 0 Å². The third-order valence-corrected chi connectivity index (χ3v) is 4.87. The molecule has 0 heterocycles. The number of carbonyl (C=O) groups excluding carboxylic acids is 1. The molecule has 0 aliphatic rings. The predicted molar refractivity (Wildman–Crippen MR) is 109 cm³/mol. The lowest BCUT2D eigenvalue weighted by molar-refractivity contribution is -0.114. The molecule has 5 heteroatoms. The minimum absolute atomic E-state index is 0.0625. The number of rotatable bonds is 5. The van der Waals surface area contributed by atoms with Crippen molar-refractivity contribution in [3.63, 3.8) is 0 Å². The largest absolute Gasteiger partial charge is 0.505 e. The van der Waals surface area contributed by atoms with Gasteiger partial charge in [0.25, 0.3) is 0 Å². The summed E-state index contributed by atoms with van der Waals surface area (Å²) in [6.07, 6.45) is 0. The Hall–Kier alpha value is -3.10. The van der Waals surface area contributed by atoms with Crippen molar-refractivity contribution in [2.24, 2.45) is 0 Å². The molecule has 27 heavy (non-hydrogen) atoms. The van der Waals surface area contributed by atoms with Crippen LogP contribution in [-0.4, -0.2) is 17.6 Å². The first-order valence-corrected chi connectivity index (χ1v) is 9.22. The van der Waals surface area contributed by atoms with Gasteiger partial charge in [0.05, 0.1) is 10.6 Å². The number of aromatic hydroxyl groups is 1. The molecule has 3 aromatic carbocycles. The lowest BCUT2D eigenvalue weighted by Gasteiger charge is -2.14. The number of anilines is 1. The highest BCUT2D eigenvalue weighted by Crippen LogP contribution is 2.43. The van der Waals surface area contributed by atoms with E-state index >= 15 is 0 Å². The Kier molecular flexibility index (Phi) is 5.90. The van der Waals surface area contributed by atoms with Crippen LogP contribution in [0.25, 0.3) is 10.8 Å². The molecule has 0 saturated heterocycles. The van der Waals surface area contributed by atoms with Gasteiger partial charge in [-0.25, -0.2) is 0 Å². The van der Waals surface area contributed by atoms with E-state index in [4.69, 9.17) is 4.74 Å². The average molecular weight is 377 g/mol. The molecule has 0 bridgehead atoms. The van der Waals surface area contributed by atoms with Crippen LogP contribution in [0.1, 0.15) is 13.8 Å². The minimum Gasteiger partial charge on any atom is -0.505 e. The van der Waals surface area contributed by atoms with Gasteiger partial charge in [0.1, 0.15) is 12.4 Å².